The predicted octanol–water partition coefficient (Wildman–Crippen LogP) is 5.08. The molecular weight excluding hydrogens is 234 g/mol. The largest absolute Gasteiger partial charge is 0.457 e. The summed E-state index contributed by atoms with van der Waals surface area (Å²) < 4.78 is 5.75. The summed E-state index contributed by atoms with van der Waals surface area (Å²) in [5, 5.41) is 3.41. The topological polar surface area (TPSA) is 21.3 Å². The van der Waals surface area contributed by atoms with E-state index in [0.717, 1.165) is 23.7 Å². The quantitative estimate of drug-likeness (QED) is 0.696. The summed E-state index contributed by atoms with van der Waals surface area (Å²) in [4.78, 5) is 0. The van der Waals surface area contributed by atoms with Crippen molar-refractivity contribution in [3.05, 3.63) is 54.6 Å². The van der Waals surface area contributed by atoms with Crippen LogP contribution in [0.1, 0.15) is 26.2 Å². The van der Waals surface area contributed by atoms with E-state index in [1.54, 1.807) is 0 Å². The number of ether oxygens (including phenoxy) is 1. The smallest absolute Gasteiger partial charge is 0.127 e. The van der Waals surface area contributed by atoms with Crippen molar-refractivity contribution < 1.29 is 4.74 Å². The number of nitrogens with one attached hydrogen (secondary N) is 1. The lowest BCUT2D eigenvalue weighted by atomic mass is 10.2. The number of hydrogen-bond acceptors (Lipinski definition) is 2. The molecule has 0 spiro atoms. The number of benzene rings is 2. The van der Waals surface area contributed by atoms with Crippen LogP contribution in [0.25, 0.3) is 0 Å². The van der Waals surface area contributed by atoms with Gasteiger partial charge in [0.2, 0.25) is 0 Å². The minimum Gasteiger partial charge on any atom is -0.457 e. The van der Waals surface area contributed by atoms with Crippen molar-refractivity contribution in [3.8, 4) is 11.5 Å². The van der Waals surface area contributed by atoms with Crippen molar-refractivity contribution in [3.63, 3.8) is 0 Å². The van der Waals surface area contributed by atoms with Gasteiger partial charge in [-0.15, -0.1) is 0 Å². The van der Waals surface area contributed by atoms with E-state index in [2.05, 4.69) is 24.4 Å². The Labute approximate surface area is 115 Å². The standard InChI is InChI=1S/C17H21NO/c1-2-3-7-14-18-15-10-12-17(13-11-15)19-16-8-5-4-6-9-16/h4-6,8-13,18H,2-3,7,14H2,1H3. The lowest BCUT2D eigenvalue weighted by molar-refractivity contribution is 0.483. The molecule has 0 saturated heterocycles. The van der Waals surface area contributed by atoms with Crippen LogP contribution >= 0.6 is 0 Å². The molecule has 0 aliphatic carbocycles. The third-order valence-corrected chi connectivity index (χ3v) is 2.94. The maximum atomic E-state index is 5.75. The molecular formula is C17H21NO. The molecule has 19 heavy (non-hydrogen) atoms. The van der Waals surface area contributed by atoms with E-state index >= 15 is 0 Å². The fourth-order valence-corrected chi connectivity index (χ4v) is 1.87. The Morgan fingerprint density at radius 2 is 1.53 bits per heavy atom. The highest BCUT2D eigenvalue weighted by molar-refractivity contribution is 5.47. The van der Waals surface area contributed by atoms with Crippen molar-refractivity contribution in [2.45, 2.75) is 26.2 Å². The third-order valence-electron chi connectivity index (χ3n) is 2.94. The van der Waals surface area contributed by atoms with Gasteiger partial charge in [0.15, 0.2) is 0 Å². The van der Waals surface area contributed by atoms with Crippen molar-refractivity contribution in [2.24, 2.45) is 0 Å². The monoisotopic (exact) mass is 255 g/mol. The number of para-hydroxylation sites is 1. The summed E-state index contributed by atoms with van der Waals surface area (Å²) in [5.41, 5.74) is 1.15. The molecule has 0 atom stereocenters. The molecule has 0 radical (unpaired) electrons. The van der Waals surface area contributed by atoms with Crippen LogP contribution in [0.4, 0.5) is 5.69 Å². The zero-order valence-electron chi connectivity index (χ0n) is 11.4. The molecule has 2 aromatic carbocycles. The van der Waals surface area contributed by atoms with Gasteiger partial charge >= 0.3 is 0 Å². The van der Waals surface area contributed by atoms with Gasteiger partial charge in [-0.05, 0) is 42.8 Å². The molecule has 0 aliphatic heterocycles. The van der Waals surface area contributed by atoms with E-state index in [9.17, 15) is 0 Å². The second-order valence-corrected chi connectivity index (χ2v) is 4.57. The second kappa shape index (κ2) is 7.47. The van der Waals surface area contributed by atoms with Gasteiger partial charge in [0.25, 0.3) is 0 Å². The van der Waals surface area contributed by atoms with E-state index in [1.165, 1.54) is 19.3 Å². The molecule has 0 aromatic heterocycles. The van der Waals surface area contributed by atoms with Crippen molar-refractivity contribution in [1.82, 2.24) is 0 Å². The van der Waals surface area contributed by atoms with Crippen molar-refractivity contribution in [1.29, 1.82) is 0 Å². The molecule has 2 aromatic rings. The van der Waals surface area contributed by atoms with Gasteiger partial charge in [-0.3, -0.25) is 0 Å². The van der Waals surface area contributed by atoms with Gasteiger partial charge in [0, 0.05) is 12.2 Å². The van der Waals surface area contributed by atoms with Gasteiger partial charge in [0.1, 0.15) is 11.5 Å². The Morgan fingerprint density at radius 3 is 2.21 bits per heavy atom. The van der Waals surface area contributed by atoms with Crippen LogP contribution in [0, 0.1) is 0 Å². The van der Waals surface area contributed by atoms with E-state index < -0.39 is 0 Å². The van der Waals surface area contributed by atoms with Gasteiger partial charge in [-0.25, -0.2) is 0 Å². The second-order valence-electron chi connectivity index (χ2n) is 4.57. The lowest BCUT2D eigenvalue weighted by Gasteiger charge is -2.08. The van der Waals surface area contributed by atoms with Crippen LogP contribution in [-0.2, 0) is 0 Å². The molecule has 0 unspecified atom stereocenters. The van der Waals surface area contributed by atoms with Gasteiger partial charge in [0.05, 0.1) is 0 Å². The Bertz CT molecular complexity index is 464. The Hall–Kier alpha value is -1.96. The average Bonchev–Trinajstić information content (AvgIpc) is 2.46. The number of unbranched alkanes of at least 4 members (excludes halogenated alkanes) is 2. The maximum Gasteiger partial charge on any atom is 0.127 e. The molecule has 2 nitrogen and oxygen atoms in total. The van der Waals surface area contributed by atoms with Crippen LogP contribution in [0.3, 0.4) is 0 Å². The van der Waals surface area contributed by atoms with Gasteiger partial charge in [-0.2, -0.15) is 0 Å². The Kier molecular flexibility index (Phi) is 5.30. The molecule has 2 rings (SSSR count). The normalized spacial score (nSPS) is 10.2. The predicted molar refractivity (Wildman–Crippen MR) is 81.0 cm³/mol. The van der Waals surface area contributed by atoms with Crippen LogP contribution in [0.5, 0.6) is 11.5 Å². The fraction of sp³-hybridized carbons (Fsp3) is 0.294. The van der Waals surface area contributed by atoms with Gasteiger partial charge < -0.3 is 10.1 Å². The summed E-state index contributed by atoms with van der Waals surface area (Å²) in [5.74, 6) is 1.73. The molecule has 100 valence electrons. The number of anilines is 1. The van der Waals surface area contributed by atoms with Crippen molar-refractivity contribution in [2.75, 3.05) is 11.9 Å². The minimum absolute atomic E-state index is 0.866. The first-order valence-corrected chi connectivity index (χ1v) is 6.95. The summed E-state index contributed by atoms with van der Waals surface area (Å²) in [6, 6.07) is 17.9. The number of rotatable bonds is 7. The highest BCUT2D eigenvalue weighted by Gasteiger charge is 1.97. The molecule has 0 saturated carbocycles. The molecule has 0 amide bonds. The molecule has 1 N–H and O–H groups in total. The van der Waals surface area contributed by atoms with Gasteiger partial charge in [-0.1, -0.05) is 38.0 Å². The van der Waals surface area contributed by atoms with Crippen LogP contribution in [0.15, 0.2) is 54.6 Å². The van der Waals surface area contributed by atoms with E-state index in [0.29, 0.717) is 0 Å². The zero-order valence-corrected chi connectivity index (χ0v) is 11.4. The third kappa shape index (κ3) is 4.66. The SMILES string of the molecule is CCCCCNc1ccc(Oc2ccccc2)cc1. The zero-order chi connectivity index (χ0) is 13.3. The van der Waals surface area contributed by atoms with E-state index in [4.69, 9.17) is 4.74 Å². The summed E-state index contributed by atoms with van der Waals surface area (Å²) in [6.45, 7) is 3.25. The van der Waals surface area contributed by atoms with Crippen molar-refractivity contribution >= 4 is 5.69 Å². The molecule has 0 bridgehead atoms. The Balaban J connectivity index is 1.84. The van der Waals surface area contributed by atoms with Crippen LogP contribution < -0.4 is 10.1 Å². The molecule has 0 heterocycles. The molecule has 0 fully saturated rings. The first kappa shape index (κ1) is 13.5. The van der Waals surface area contributed by atoms with E-state index in [-0.39, 0.29) is 0 Å². The van der Waals surface area contributed by atoms with Crippen LogP contribution in [-0.4, -0.2) is 6.54 Å². The number of hydrogen-bond donors (Lipinski definition) is 1. The first-order valence-electron chi connectivity index (χ1n) is 6.95. The molecule has 2 heteroatoms. The average molecular weight is 255 g/mol. The minimum atomic E-state index is 0.866. The Morgan fingerprint density at radius 1 is 0.842 bits per heavy atom. The summed E-state index contributed by atoms with van der Waals surface area (Å²) in [6.07, 6.45) is 3.76. The molecule has 0 aliphatic rings. The summed E-state index contributed by atoms with van der Waals surface area (Å²) >= 11 is 0. The lowest BCUT2D eigenvalue weighted by Crippen LogP contribution is -2.00. The highest BCUT2D eigenvalue weighted by atomic mass is 16.5. The highest BCUT2D eigenvalue weighted by Crippen LogP contribution is 2.22. The fourth-order valence-electron chi connectivity index (χ4n) is 1.87. The van der Waals surface area contributed by atoms with E-state index in [1.807, 2.05) is 42.5 Å². The van der Waals surface area contributed by atoms with Crippen LogP contribution in [0.2, 0.25) is 0 Å². The first-order chi connectivity index (χ1) is 9.38. The summed E-state index contributed by atoms with van der Waals surface area (Å²) in [7, 11) is 0. The maximum absolute atomic E-state index is 5.75.